The minimum atomic E-state index is 0.140. The van der Waals surface area contributed by atoms with Gasteiger partial charge in [0.15, 0.2) is 5.65 Å². The number of imidazole rings is 1. The van der Waals surface area contributed by atoms with Gasteiger partial charge in [-0.05, 0) is 30.9 Å². The first-order valence-electron chi connectivity index (χ1n) is 6.24. The summed E-state index contributed by atoms with van der Waals surface area (Å²) in [5, 5.41) is 0. The predicted molar refractivity (Wildman–Crippen MR) is 76.0 cm³/mol. The number of aryl methyl sites for hydroxylation is 1. The fraction of sp³-hybridized carbons (Fsp3) is 0.571. The average Bonchev–Trinajstić information content (AvgIpc) is 2.63. The molecule has 4 heteroatoms. The van der Waals surface area contributed by atoms with Crippen LogP contribution in [0.1, 0.15) is 45.1 Å². The van der Waals surface area contributed by atoms with Gasteiger partial charge >= 0.3 is 0 Å². The number of pyridine rings is 1. The maximum absolute atomic E-state index is 6.03. The van der Waals surface area contributed by atoms with Crippen LogP contribution >= 0.6 is 11.6 Å². The lowest BCUT2D eigenvalue weighted by Crippen LogP contribution is -2.23. The van der Waals surface area contributed by atoms with Crippen molar-refractivity contribution in [3.63, 3.8) is 0 Å². The highest BCUT2D eigenvalue weighted by atomic mass is 35.5. The number of fused-ring (bicyclic) bond motifs is 1. The van der Waals surface area contributed by atoms with Crippen molar-refractivity contribution in [1.82, 2.24) is 14.5 Å². The van der Waals surface area contributed by atoms with Crippen molar-refractivity contribution in [3.05, 3.63) is 23.7 Å². The maximum Gasteiger partial charge on any atom is 0.160 e. The molecule has 1 unspecified atom stereocenters. The van der Waals surface area contributed by atoms with E-state index in [1.54, 1.807) is 0 Å². The minimum Gasteiger partial charge on any atom is -0.308 e. The van der Waals surface area contributed by atoms with Crippen LogP contribution in [0.25, 0.3) is 11.2 Å². The second-order valence-electron chi connectivity index (χ2n) is 5.93. The monoisotopic (exact) mass is 265 g/mol. The molecule has 98 valence electrons. The highest BCUT2D eigenvalue weighted by Crippen LogP contribution is 2.33. The van der Waals surface area contributed by atoms with Crippen molar-refractivity contribution < 1.29 is 0 Å². The zero-order chi connectivity index (χ0) is 13.5. The summed E-state index contributed by atoms with van der Waals surface area (Å²) in [6.07, 6.45) is 1.88. The van der Waals surface area contributed by atoms with E-state index in [0.29, 0.717) is 11.9 Å². The Labute approximate surface area is 113 Å². The largest absolute Gasteiger partial charge is 0.308 e. The fourth-order valence-corrected chi connectivity index (χ4v) is 2.21. The van der Waals surface area contributed by atoms with Gasteiger partial charge in [0.05, 0.1) is 5.88 Å². The lowest BCUT2D eigenvalue weighted by Gasteiger charge is -2.29. The topological polar surface area (TPSA) is 30.7 Å². The number of halogens is 1. The van der Waals surface area contributed by atoms with Crippen LogP contribution in [0, 0.1) is 12.3 Å². The molecule has 0 radical (unpaired) electrons. The average molecular weight is 266 g/mol. The van der Waals surface area contributed by atoms with Crippen molar-refractivity contribution in [2.45, 2.75) is 46.5 Å². The Kier molecular flexibility index (Phi) is 3.37. The van der Waals surface area contributed by atoms with Crippen molar-refractivity contribution >= 4 is 22.8 Å². The van der Waals surface area contributed by atoms with Gasteiger partial charge in [-0.25, -0.2) is 9.97 Å². The Morgan fingerprint density at radius 3 is 2.61 bits per heavy atom. The summed E-state index contributed by atoms with van der Waals surface area (Å²) in [5.74, 6) is 1.31. The van der Waals surface area contributed by atoms with Gasteiger partial charge in [0.1, 0.15) is 11.3 Å². The Hall–Kier alpha value is -1.09. The van der Waals surface area contributed by atoms with E-state index in [0.717, 1.165) is 22.6 Å². The molecule has 0 aliphatic rings. The lowest BCUT2D eigenvalue weighted by atomic mass is 9.88. The summed E-state index contributed by atoms with van der Waals surface area (Å²) in [6, 6.07) is 2.36. The number of alkyl halides is 1. The highest BCUT2D eigenvalue weighted by Gasteiger charge is 2.26. The summed E-state index contributed by atoms with van der Waals surface area (Å²) in [5.41, 5.74) is 3.12. The molecule has 0 aromatic carbocycles. The van der Waals surface area contributed by atoms with Gasteiger partial charge in [-0.1, -0.05) is 20.8 Å². The van der Waals surface area contributed by atoms with Crippen LogP contribution in [0.2, 0.25) is 0 Å². The normalized spacial score (nSPS) is 14.1. The Morgan fingerprint density at radius 2 is 2.06 bits per heavy atom. The second kappa shape index (κ2) is 4.54. The van der Waals surface area contributed by atoms with E-state index in [2.05, 4.69) is 48.3 Å². The van der Waals surface area contributed by atoms with Gasteiger partial charge < -0.3 is 4.57 Å². The van der Waals surface area contributed by atoms with Crippen LogP contribution < -0.4 is 0 Å². The second-order valence-corrected chi connectivity index (χ2v) is 6.20. The third-order valence-corrected chi connectivity index (χ3v) is 3.74. The molecule has 0 bridgehead atoms. The Morgan fingerprint density at radius 1 is 1.39 bits per heavy atom. The first kappa shape index (κ1) is 13.3. The summed E-state index contributed by atoms with van der Waals surface area (Å²) < 4.78 is 2.17. The maximum atomic E-state index is 6.03. The van der Waals surface area contributed by atoms with Crippen LogP contribution in [-0.4, -0.2) is 14.5 Å². The van der Waals surface area contributed by atoms with E-state index in [1.807, 2.05) is 13.1 Å². The highest BCUT2D eigenvalue weighted by molar-refractivity contribution is 6.16. The zero-order valence-corrected chi connectivity index (χ0v) is 12.4. The number of rotatable bonds is 2. The van der Waals surface area contributed by atoms with E-state index >= 15 is 0 Å². The van der Waals surface area contributed by atoms with Gasteiger partial charge in [0.2, 0.25) is 0 Å². The molecule has 18 heavy (non-hydrogen) atoms. The SMILES string of the molecule is Cc1cnc2c(c1)nc(CCl)n2C(C)C(C)(C)C. The molecule has 2 rings (SSSR count). The summed E-state index contributed by atoms with van der Waals surface area (Å²) in [4.78, 5) is 9.12. The third-order valence-electron chi connectivity index (χ3n) is 3.50. The lowest BCUT2D eigenvalue weighted by molar-refractivity contribution is 0.263. The third kappa shape index (κ3) is 2.24. The molecule has 0 aliphatic carbocycles. The van der Waals surface area contributed by atoms with Crippen LogP contribution in [-0.2, 0) is 5.88 Å². The van der Waals surface area contributed by atoms with E-state index in [4.69, 9.17) is 11.6 Å². The molecular formula is C14H20ClN3. The van der Waals surface area contributed by atoms with E-state index in [-0.39, 0.29) is 5.41 Å². The number of hydrogen-bond acceptors (Lipinski definition) is 2. The molecule has 0 amide bonds. The molecule has 0 spiro atoms. The van der Waals surface area contributed by atoms with Crippen LogP contribution in [0.15, 0.2) is 12.3 Å². The fourth-order valence-electron chi connectivity index (χ4n) is 2.02. The van der Waals surface area contributed by atoms with Gasteiger partial charge in [-0.15, -0.1) is 11.6 Å². The van der Waals surface area contributed by atoms with E-state index in [9.17, 15) is 0 Å². The molecule has 0 saturated carbocycles. The molecule has 0 N–H and O–H groups in total. The smallest absolute Gasteiger partial charge is 0.160 e. The molecule has 0 fully saturated rings. The van der Waals surface area contributed by atoms with Crippen LogP contribution in [0.5, 0.6) is 0 Å². The summed E-state index contributed by atoms with van der Waals surface area (Å²) in [7, 11) is 0. The Balaban J connectivity index is 2.68. The van der Waals surface area contributed by atoms with Crippen LogP contribution in [0.4, 0.5) is 0 Å². The molecular weight excluding hydrogens is 246 g/mol. The van der Waals surface area contributed by atoms with Gasteiger partial charge in [-0.2, -0.15) is 0 Å². The molecule has 3 nitrogen and oxygen atoms in total. The summed E-state index contributed by atoms with van der Waals surface area (Å²) >= 11 is 6.03. The molecule has 2 heterocycles. The van der Waals surface area contributed by atoms with Crippen LogP contribution in [0.3, 0.4) is 0 Å². The van der Waals surface area contributed by atoms with E-state index in [1.165, 1.54) is 0 Å². The van der Waals surface area contributed by atoms with Gasteiger partial charge in [0, 0.05) is 12.2 Å². The Bertz CT molecular complexity index is 566. The number of aromatic nitrogens is 3. The van der Waals surface area contributed by atoms with Crippen molar-refractivity contribution in [3.8, 4) is 0 Å². The van der Waals surface area contributed by atoms with Gasteiger partial charge in [0.25, 0.3) is 0 Å². The molecule has 2 aromatic rings. The van der Waals surface area contributed by atoms with Gasteiger partial charge in [-0.3, -0.25) is 0 Å². The molecule has 0 aliphatic heterocycles. The summed E-state index contributed by atoms with van der Waals surface area (Å²) in [6.45, 7) is 10.9. The minimum absolute atomic E-state index is 0.140. The molecule has 1 atom stereocenters. The molecule has 0 saturated heterocycles. The zero-order valence-electron chi connectivity index (χ0n) is 11.7. The first-order chi connectivity index (χ1) is 8.34. The standard InChI is InChI=1S/C14H20ClN3/c1-9-6-11-13(16-8-9)18(12(7-15)17-11)10(2)14(3,4)5/h6,8,10H,7H2,1-5H3. The number of nitrogens with zero attached hydrogens (tertiary/aromatic N) is 3. The van der Waals surface area contributed by atoms with Crippen molar-refractivity contribution in [2.24, 2.45) is 5.41 Å². The quantitative estimate of drug-likeness (QED) is 0.766. The van der Waals surface area contributed by atoms with Crippen molar-refractivity contribution in [1.29, 1.82) is 0 Å². The van der Waals surface area contributed by atoms with E-state index < -0.39 is 0 Å². The van der Waals surface area contributed by atoms with Crippen molar-refractivity contribution in [2.75, 3.05) is 0 Å². The number of hydrogen-bond donors (Lipinski definition) is 0. The molecule has 2 aromatic heterocycles. The predicted octanol–water partition coefficient (Wildman–Crippen LogP) is 4.09. The first-order valence-corrected chi connectivity index (χ1v) is 6.77.